The fourth-order valence-corrected chi connectivity index (χ4v) is 6.63. The van der Waals surface area contributed by atoms with Crippen LogP contribution in [0.5, 0.6) is 11.5 Å². The lowest BCUT2D eigenvalue weighted by Gasteiger charge is -2.35. The second-order valence-electron chi connectivity index (χ2n) is 9.66. The van der Waals surface area contributed by atoms with Gasteiger partial charge in [-0.25, -0.2) is 4.90 Å². The van der Waals surface area contributed by atoms with Gasteiger partial charge in [0.05, 0.1) is 28.6 Å². The normalized spacial score (nSPS) is 24.8. The zero-order valence-electron chi connectivity index (χ0n) is 19.8. The molecule has 9 heteroatoms. The van der Waals surface area contributed by atoms with Crippen molar-refractivity contribution in [1.29, 1.82) is 0 Å². The van der Waals surface area contributed by atoms with Gasteiger partial charge in [0.2, 0.25) is 11.8 Å². The number of Topliss-reactive ketones (excluding diaryl/α,β-unsaturated/α-hetero) is 1. The van der Waals surface area contributed by atoms with Gasteiger partial charge in [-0.2, -0.15) is 0 Å². The van der Waals surface area contributed by atoms with E-state index in [-0.39, 0.29) is 22.3 Å². The van der Waals surface area contributed by atoms with E-state index in [0.29, 0.717) is 35.4 Å². The maximum Gasteiger partial charge on any atom is 0.240 e. The molecule has 4 aliphatic rings. The number of hydrogen-bond donors (Lipinski definition) is 0. The number of fused-ring (bicyclic) bond motifs is 6. The van der Waals surface area contributed by atoms with Gasteiger partial charge in [0.25, 0.3) is 0 Å². The van der Waals surface area contributed by atoms with Gasteiger partial charge in [-0.1, -0.05) is 47.5 Å². The zero-order chi connectivity index (χ0) is 26.1. The first-order valence-corrected chi connectivity index (χ1v) is 13.0. The summed E-state index contributed by atoms with van der Waals surface area (Å²) in [5.41, 5.74) is 2.49. The van der Waals surface area contributed by atoms with E-state index in [1.54, 1.807) is 30.3 Å². The van der Waals surface area contributed by atoms with Gasteiger partial charge in [0, 0.05) is 22.9 Å². The Balaban J connectivity index is 1.36. The highest BCUT2D eigenvalue weighted by molar-refractivity contribution is 6.37. The summed E-state index contributed by atoms with van der Waals surface area (Å²) in [6.07, 6.45) is 3.72. The summed E-state index contributed by atoms with van der Waals surface area (Å²) in [7, 11) is 0. The molecule has 0 saturated carbocycles. The van der Waals surface area contributed by atoms with Crippen LogP contribution in [0.1, 0.15) is 27.5 Å². The van der Waals surface area contributed by atoms with Gasteiger partial charge in [-0.05, 0) is 47.5 Å². The number of imide groups is 1. The summed E-state index contributed by atoms with van der Waals surface area (Å²) in [6, 6.07) is 16.0. The fourth-order valence-electron chi connectivity index (χ4n) is 6.13. The van der Waals surface area contributed by atoms with Crippen LogP contribution < -0.4 is 14.4 Å². The molecule has 7 nitrogen and oxygen atoms in total. The van der Waals surface area contributed by atoms with Crippen LogP contribution >= 0.6 is 23.2 Å². The van der Waals surface area contributed by atoms with Crippen LogP contribution in [0, 0.1) is 11.8 Å². The minimum Gasteiger partial charge on any atom is -0.486 e. The van der Waals surface area contributed by atoms with Crippen molar-refractivity contribution in [3.8, 4) is 11.5 Å². The Morgan fingerprint density at radius 2 is 1.63 bits per heavy atom. The van der Waals surface area contributed by atoms with Crippen molar-refractivity contribution in [3.05, 3.63) is 93.6 Å². The van der Waals surface area contributed by atoms with E-state index in [0.717, 1.165) is 11.1 Å². The number of ketones is 1. The van der Waals surface area contributed by atoms with E-state index in [2.05, 4.69) is 0 Å². The lowest BCUT2D eigenvalue weighted by atomic mass is 9.83. The molecule has 4 atom stereocenters. The maximum absolute atomic E-state index is 14.1. The van der Waals surface area contributed by atoms with Crippen molar-refractivity contribution in [2.24, 2.45) is 11.8 Å². The largest absolute Gasteiger partial charge is 0.486 e. The van der Waals surface area contributed by atoms with E-state index in [1.807, 2.05) is 41.4 Å². The SMILES string of the molecule is O=C(c1ccc(Cl)cc1Cl)[C@@H]1[C@@H]2C(=O)N(c3ccc4c(c3)OCCO4)C(=O)[C@H]2[C@H]2c3ccccc3C=CN12. The van der Waals surface area contributed by atoms with Crippen LogP contribution in [0.2, 0.25) is 10.0 Å². The second kappa shape index (κ2) is 8.61. The number of rotatable bonds is 3. The van der Waals surface area contributed by atoms with Crippen LogP contribution in [0.4, 0.5) is 5.69 Å². The number of hydrogen-bond acceptors (Lipinski definition) is 6. The van der Waals surface area contributed by atoms with Crippen molar-refractivity contribution >= 4 is 52.6 Å². The molecule has 0 unspecified atom stereocenters. The molecule has 4 aliphatic heterocycles. The Morgan fingerprint density at radius 1 is 0.868 bits per heavy atom. The number of amides is 2. The third kappa shape index (κ3) is 3.32. The Kier molecular flexibility index (Phi) is 5.29. The standard InChI is InChI=1S/C29H20Cl2N2O5/c30-16-5-7-19(20(31)13-16)27(34)26-24-23(25-18-4-2-1-3-15(18)9-10-32(25)26)28(35)33(29(24)36)17-6-8-21-22(14-17)38-12-11-37-21/h1-10,13-14,23-26H,11-12H2/t23-,24-,25-,26+/m1/s1. The number of benzene rings is 3. The molecule has 3 aromatic rings. The van der Waals surface area contributed by atoms with Crippen LogP contribution in [0.15, 0.2) is 66.9 Å². The molecule has 38 heavy (non-hydrogen) atoms. The molecule has 2 saturated heterocycles. The van der Waals surface area contributed by atoms with E-state index >= 15 is 0 Å². The van der Waals surface area contributed by atoms with Crippen LogP contribution in [0.25, 0.3) is 6.08 Å². The minimum absolute atomic E-state index is 0.198. The molecule has 0 bridgehead atoms. The van der Waals surface area contributed by atoms with Crippen molar-refractivity contribution in [3.63, 3.8) is 0 Å². The van der Waals surface area contributed by atoms with E-state index < -0.39 is 29.8 Å². The number of ether oxygens (including phenoxy) is 2. The summed E-state index contributed by atoms with van der Waals surface area (Å²) in [5, 5.41) is 0.599. The summed E-state index contributed by atoms with van der Waals surface area (Å²) in [5.74, 6) is -1.76. The molecule has 0 aliphatic carbocycles. The van der Waals surface area contributed by atoms with Crippen molar-refractivity contribution in [2.45, 2.75) is 12.1 Å². The second-order valence-corrected chi connectivity index (χ2v) is 10.5. The van der Waals surface area contributed by atoms with Gasteiger partial charge in [0.15, 0.2) is 17.3 Å². The maximum atomic E-state index is 14.1. The number of nitrogens with zero attached hydrogens (tertiary/aromatic N) is 2. The summed E-state index contributed by atoms with van der Waals surface area (Å²) in [4.78, 5) is 45.2. The number of carbonyl (C=O) groups excluding carboxylic acids is 3. The van der Waals surface area contributed by atoms with Gasteiger partial charge in [-0.15, -0.1) is 0 Å². The predicted octanol–water partition coefficient (Wildman–Crippen LogP) is 5.16. The smallest absolute Gasteiger partial charge is 0.240 e. The number of halogens is 2. The summed E-state index contributed by atoms with van der Waals surface area (Å²) >= 11 is 12.5. The summed E-state index contributed by atoms with van der Waals surface area (Å²) < 4.78 is 11.3. The Bertz CT molecular complexity index is 1570. The molecule has 4 heterocycles. The molecular weight excluding hydrogens is 527 g/mol. The van der Waals surface area contributed by atoms with Gasteiger partial charge in [0.1, 0.15) is 19.3 Å². The third-order valence-corrected chi connectivity index (χ3v) is 8.26. The molecule has 0 radical (unpaired) electrons. The van der Waals surface area contributed by atoms with E-state index in [4.69, 9.17) is 32.7 Å². The minimum atomic E-state index is -0.924. The highest BCUT2D eigenvalue weighted by atomic mass is 35.5. The lowest BCUT2D eigenvalue weighted by molar-refractivity contribution is -0.123. The Hall–Kier alpha value is -3.81. The van der Waals surface area contributed by atoms with Crippen molar-refractivity contribution < 1.29 is 23.9 Å². The summed E-state index contributed by atoms with van der Waals surface area (Å²) in [6.45, 7) is 0.807. The van der Waals surface area contributed by atoms with Crippen LogP contribution in [-0.4, -0.2) is 41.8 Å². The lowest BCUT2D eigenvalue weighted by Crippen LogP contribution is -2.44. The molecule has 3 aromatic carbocycles. The molecule has 2 fully saturated rings. The first kappa shape index (κ1) is 23.3. The molecule has 0 aromatic heterocycles. The number of anilines is 1. The average Bonchev–Trinajstić information content (AvgIpc) is 3.40. The highest BCUT2D eigenvalue weighted by Crippen LogP contribution is 2.54. The monoisotopic (exact) mass is 546 g/mol. The fraction of sp³-hybridized carbons (Fsp3) is 0.207. The third-order valence-electron chi connectivity index (χ3n) is 7.71. The van der Waals surface area contributed by atoms with E-state index in [9.17, 15) is 14.4 Å². The molecule has 7 rings (SSSR count). The molecule has 0 spiro atoms. The topological polar surface area (TPSA) is 76.1 Å². The first-order valence-electron chi connectivity index (χ1n) is 12.3. The highest BCUT2D eigenvalue weighted by Gasteiger charge is 2.64. The molecule has 0 N–H and O–H groups in total. The van der Waals surface area contributed by atoms with Crippen molar-refractivity contribution in [2.75, 3.05) is 18.1 Å². The van der Waals surface area contributed by atoms with E-state index in [1.165, 1.54) is 11.0 Å². The van der Waals surface area contributed by atoms with Gasteiger partial charge < -0.3 is 14.4 Å². The average molecular weight is 547 g/mol. The van der Waals surface area contributed by atoms with Crippen LogP contribution in [0.3, 0.4) is 0 Å². The first-order chi connectivity index (χ1) is 18.4. The van der Waals surface area contributed by atoms with Gasteiger partial charge >= 0.3 is 0 Å². The van der Waals surface area contributed by atoms with Gasteiger partial charge in [-0.3, -0.25) is 14.4 Å². The predicted molar refractivity (Wildman–Crippen MR) is 142 cm³/mol. The van der Waals surface area contributed by atoms with Crippen molar-refractivity contribution in [1.82, 2.24) is 4.90 Å². The molecule has 2 amide bonds. The Labute approximate surface area is 228 Å². The Morgan fingerprint density at radius 3 is 2.45 bits per heavy atom. The molecule has 190 valence electrons. The number of carbonyl (C=O) groups is 3. The van der Waals surface area contributed by atoms with Crippen LogP contribution in [-0.2, 0) is 9.59 Å². The molecular formula is C29H20Cl2N2O5. The zero-order valence-corrected chi connectivity index (χ0v) is 21.4. The quantitative estimate of drug-likeness (QED) is 0.333.